The Hall–Kier alpha value is -1.34. The van der Waals surface area contributed by atoms with Gasteiger partial charge in [0.1, 0.15) is 0 Å². The molecule has 0 saturated carbocycles. The Bertz CT molecular complexity index is 251. The first kappa shape index (κ1) is 35.7. The molecular weight excluding hydrogens is 343 g/mol. The van der Waals surface area contributed by atoms with E-state index in [-0.39, 0.29) is 0 Å². The molecule has 0 fully saturated rings. The highest BCUT2D eigenvalue weighted by Crippen LogP contribution is 1.82. The van der Waals surface area contributed by atoms with Crippen molar-refractivity contribution in [1.82, 2.24) is 0 Å². The third-order valence-corrected chi connectivity index (χ3v) is 1.33. The van der Waals surface area contributed by atoms with Crippen molar-refractivity contribution in [3.05, 3.63) is 72.8 Å². The van der Waals surface area contributed by atoms with Gasteiger partial charge in [0, 0.05) is 6.38 Å². The first-order valence-electron chi connectivity index (χ1n) is 9.22. The topological polar surface area (TPSA) is 0 Å². The van der Waals surface area contributed by atoms with Crippen molar-refractivity contribution in [2.75, 3.05) is 13.6 Å². The van der Waals surface area contributed by atoms with Gasteiger partial charge >= 0.3 is 0 Å². The first-order valence-corrected chi connectivity index (χ1v) is 9.98. The fourth-order valence-corrected chi connectivity index (χ4v) is 0.770. The van der Waals surface area contributed by atoms with Crippen LogP contribution in [-0.2, 0) is 0 Å². The fourth-order valence-electron chi connectivity index (χ4n) is 0.770. The zero-order chi connectivity index (χ0) is 21.6. The summed E-state index contributed by atoms with van der Waals surface area (Å²) < 4.78 is 9.50. The largest absolute Gasteiger partial charge is 0.255 e. The van der Waals surface area contributed by atoms with E-state index in [1.54, 1.807) is 0 Å². The van der Waals surface area contributed by atoms with Crippen LogP contribution in [0.2, 0.25) is 0 Å². The second-order valence-electron chi connectivity index (χ2n) is 5.77. The lowest BCUT2D eigenvalue weighted by Gasteiger charge is -1.79. The third-order valence-electron chi connectivity index (χ3n) is 1.33. The maximum absolute atomic E-state index is 9.50. The smallest absolute Gasteiger partial charge is 0.0785 e. The minimum atomic E-state index is 0.500. The Morgan fingerprint density at radius 3 is 0.500 bits per heavy atom. The zero-order valence-corrected chi connectivity index (χ0v) is 19.6. The highest BCUT2D eigenvalue weighted by Gasteiger charge is 1.68. The SMILES string of the molecule is CC.CC(C)C.CC(C)C.CCl.CF.c1ccccc1.c1ccccc1. The van der Waals surface area contributed by atoms with E-state index in [9.17, 15) is 4.39 Å². The van der Waals surface area contributed by atoms with Gasteiger partial charge in [-0.2, -0.15) is 0 Å². The van der Waals surface area contributed by atoms with Gasteiger partial charge in [-0.25, -0.2) is 0 Å². The summed E-state index contributed by atoms with van der Waals surface area (Å²) in [4.78, 5) is 0. The van der Waals surface area contributed by atoms with Crippen molar-refractivity contribution in [3.8, 4) is 0 Å². The second-order valence-corrected chi connectivity index (χ2v) is 5.77. The molecule has 0 bridgehead atoms. The molecule has 26 heavy (non-hydrogen) atoms. The molecule has 0 aliphatic heterocycles. The molecule has 0 nitrogen and oxygen atoms in total. The minimum Gasteiger partial charge on any atom is -0.255 e. The minimum absolute atomic E-state index is 0.500. The van der Waals surface area contributed by atoms with Crippen LogP contribution in [-0.4, -0.2) is 13.6 Å². The Morgan fingerprint density at radius 2 is 0.462 bits per heavy atom. The van der Waals surface area contributed by atoms with Crippen molar-refractivity contribution in [1.29, 1.82) is 0 Å². The van der Waals surface area contributed by atoms with Crippen LogP contribution in [0, 0.1) is 11.8 Å². The van der Waals surface area contributed by atoms with Gasteiger partial charge in [0.2, 0.25) is 0 Å². The van der Waals surface area contributed by atoms with Gasteiger partial charge in [0.25, 0.3) is 0 Å². The molecule has 0 radical (unpaired) electrons. The monoisotopic (exact) mass is 386 g/mol. The molecule has 2 aromatic carbocycles. The molecule has 0 N–H and O–H groups in total. The molecule has 0 atom stereocenters. The summed E-state index contributed by atoms with van der Waals surface area (Å²) >= 11 is 4.64. The molecule has 2 heteroatoms. The third kappa shape index (κ3) is 93.6. The van der Waals surface area contributed by atoms with E-state index in [1.807, 2.05) is 86.6 Å². The average molecular weight is 387 g/mol. The summed E-state index contributed by atoms with van der Waals surface area (Å²) in [6.45, 7) is 17.0. The predicted octanol–water partition coefficient (Wildman–Crippen LogP) is 9.16. The summed E-state index contributed by atoms with van der Waals surface area (Å²) in [5, 5.41) is 0. The Labute approximate surface area is 169 Å². The quantitative estimate of drug-likeness (QED) is 0.396. The van der Waals surface area contributed by atoms with E-state index in [4.69, 9.17) is 0 Å². The maximum atomic E-state index is 9.50. The van der Waals surface area contributed by atoms with Gasteiger partial charge in [0.05, 0.1) is 7.18 Å². The molecular formula is C24H44ClF. The van der Waals surface area contributed by atoms with Gasteiger partial charge in [-0.05, 0) is 11.8 Å². The maximum Gasteiger partial charge on any atom is 0.0785 e. The molecule has 0 unspecified atom stereocenters. The molecule has 0 aliphatic carbocycles. The number of benzene rings is 2. The number of halogens is 2. The van der Waals surface area contributed by atoms with E-state index in [2.05, 4.69) is 53.1 Å². The summed E-state index contributed by atoms with van der Waals surface area (Å²) in [6, 6.07) is 24.0. The summed E-state index contributed by atoms with van der Waals surface area (Å²) in [5.74, 6) is 1.67. The summed E-state index contributed by atoms with van der Waals surface area (Å²) in [7, 11) is 0.500. The lowest BCUT2D eigenvalue weighted by atomic mass is 10.3. The molecule has 0 aromatic heterocycles. The number of hydrogen-bond acceptors (Lipinski definition) is 0. The first-order chi connectivity index (χ1) is 12.5. The van der Waals surface area contributed by atoms with E-state index in [1.165, 1.54) is 6.38 Å². The van der Waals surface area contributed by atoms with Crippen LogP contribution in [0.5, 0.6) is 0 Å². The lowest BCUT2D eigenvalue weighted by Crippen LogP contribution is -1.66. The highest BCUT2D eigenvalue weighted by atomic mass is 35.5. The standard InChI is InChI=1S/2C6H6.2C4H10.C2H6.CH3Cl.CH3F/c2*1-2-4-6-5-3-1;2*1-4(2)3;3*1-2/h2*1-6H;2*4H,1-3H3;1-2H3;2*1H3. The van der Waals surface area contributed by atoms with Gasteiger partial charge in [0.15, 0.2) is 0 Å². The molecule has 2 rings (SSSR count). The van der Waals surface area contributed by atoms with E-state index >= 15 is 0 Å². The molecule has 0 aliphatic rings. The number of rotatable bonds is 0. The normalized spacial score (nSPS) is 7.15. The van der Waals surface area contributed by atoms with E-state index in [0.29, 0.717) is 7.18 Å². The Morgan fingerprint density at radius 1 is 0.423 bits per heavy atom. The second kappa shape index (κ2) is 43.8. The Balaban J connectivity index is -0.0000000698. The lowest BCUT2D eigenvalue weighted by molar-refractivity contribution is 0.636. The van der Waals surface area contributed by atoms with Crippen LogP contribution in [0.3, 0.4) is 0 Å². The van der Waals surface area contributed by atoms with E-state index < -0.39 is 0 Å². The molecule has 0 heterocycles. The zero-order valence-electron chi connectivity index (χ0n) is 18.8. The summed E-state index contributed by atoms with van der Waals surface area (Å²) in [6.07, 6.45) is 1.47. The molecule has 0 amide bonds. The molecule has 0 spiro atoms. The van der Waals surface area contributed by atoms with Gasteiger partial charge in [-0.3, -0.25) is 4.39 Å². The van der Waals surface area contributed by atoms with Crippen molar-refractivity contribution < 1.29 is 4.39 Å². The van der Waals surface area contributed by atoms with Crippen molar-refractivity contribution in [3.63, 3.8) is 0 Å². The van der Waals surface area contributed by atoms with Crippen molar-refractivity contribution in [2.24, 2.45) is 11.8 Å². The van der Waals surface area contributed by atoms with Crippen molar-refractivity contribution in [2.45, 2.75) is 55.4 Å². The van der Waals surface area contributed by atoms with Gasteiger partial charge in [-0.1, -0.05) is 128 Å². The van der Waals surface area contributed by atoms with Crippen molar-refractivity contribution >= 4 is 11.6 Å². The molecule has 2 aromatic rings. The van der Waals surface area contributed by atoms with Gasteiger partial charge in [-0.15, -0.1) is 11.6 Å². The van der Waals surface area contributed by atoms with E-state index in [0.717, 1.165) is 11.8 Å². The Kier molecular flexibility index (Phi) is 60.1. The predicted molar refractivity (Wildman–Crippen MR) is 124 cm³/mol. The number of hydrogen-bond donors (Lipinski definition) is 0. The van der Waals surface area contributed by atoms with Crippen LogP contribution >= 0.6 is 11.6 Å². The summed E-state index contributed by atoms with van der Waals surface area (Å²) in [5.41, 5.74) is 0. The highest BCUT2D eigenvalue weighted by molar-refractivity contribution is 6.15. The van der Waals surface area contributed by atoms with Crippen LogP contribution in [0.25, 0.3) is 0 Å². The number of alkyl halides is 2. The van der Waals surface area contributed by atoms with Crippen LogP contribution < -0.4 is 0 Å². The van der Waals surface area contributed by atoms with Crippen LogP contribution in [0.15, 0.2) is 72.8 Å². The van der Waals surface area contributed by atoms with Crippen LogP contribution in [0.4, 0.5) is 4.39 Å². The average Bonchev–Trinajstić information content (AvgIpc) is 2.69. The van der Waals surface area contributed by atoms with Crippen LogP contribution in [0.1, 0.15) is 55.4 Å². The fraction of sp³-hybridized carbons (Fsp3) is 0.500. The van der Waals surface area contributed by atoms with Gasteiger partial charge < -0.3 is 0 Å². The molecule has 154 valence electrons. The molecule has 0 saturated heterocycles.